The Morgan fingerprint density at radius 1 is 1.13 bits per heavy atom. The van der Waals surface area contributed by atoms with Crippen molar-refractivity contribution in [2.24, 2.45) is 0 Å². The summed E-state index contributed by atoms with van der Waals surface area (Å²) >= 11 is 6.18. The molecule has 124 valence electrons. The minimum atomic E-state index is -0.146. The molecule has 5 heteroatoms. The van der Waals surface area contributed by atoms with Crippen LogP contribution in [-0.4, -0.2) is 25.0 Å². The van der Waals surface area contributed by atoms with Crippen LogP contribution in [0, 0.1) is 0 Å². The van der Waals surface area contributed by atoms with E-state index in [4.69, 9.17) is 11.6 Å². The number of hydrogen-bond donors (Lipinski definition) is 2. The first-order valence-corrected chi connectivity index (χ1v) is 7.86. The predicted molar refractivity (Wildman–Crippen MR) is 99.6 cm³/mol. The van der Waals surface area contributed by atoms with E-state index < -0.39 is 0 Å². The van der Waals surface area contributed by atoms with Gasteiger partial charge in [0.05, 0.1) is 10.6 Å². The SMILES string of the molecule is CCN[C@H](C)CNC(=O)c1cc(-c2ccccc2)ccc1Cl.Cl. The molecular weight excluding hydrogens is 331 g/mol. The van der Waals surface area contributed by atoms with Gasteiger partial charge in [0, 0.05) is 12.6 Å². The van der Waals surface area contributed by atoms with E-state index in [9.17, 15) is 4.79 Å². The fourth-order valence-corrected chi connectivity index (χ4v) is 2.47. The summed E-state index contributed by atoms with van der Waals surface area (Å²) in [6, 6.07) is 15.7. The van der Waals surface area contributed by atoms with Gasteiger partial charge in [-0.25, -0.2) is 0 Å². The first kappa shape index (κ1) is 19.5. The Bertz CT molecular complexity index is 632. The van der Waals surface area contributed by atoms with E-state index in [2.05, 4.69) is 10.6 Å². The van der Waals surface area contributed by atoms with Crippen LogP contribution in [0.2, 0.25) is 5.02 Å². The lowest BCUT2D eigenvalue weighted by atomic mass is 10.0. The standard InChI is InChI=1S/C18H21ClN2O.ClH/c1-3-20-13(2)12-21-18(22)16-11-15(9-10-17(16)19)14-7-5-4-6-8-14;/h4-11,13,20H,3,12H2,1-2H3,(H,21,22);1H/t13-;/m1./s1. The smallest absolute Gasteiger partial charge is 0.252 e. The van der Waals surface area contributed by atoms with Gasteiger partial charge in [-0.2, -0.15) is 0 Å². The van der Waals surface area contributed by atoms with Gasteiger partial charge in [0.15, 0.2) is 0 Å². The Morgan fingerprint density at radius 3 is 2.48 bits per heavy atom. The number of rotatable bonds is 6. The van der Waals surface area contributed by atoms with Crippen molar-refractivity contribution in [2.45, 2.75) is 19.9 Å². The zero-order valence-corrected chi connectivity index (χ0v) is 14.9. The van der Waals surface area contributed by atoms with Gasteiger partial charge < -0.3 is 10.6 Å². The lowest BCUT2D eigenvalue weighted by Gasteiger charge is -2.14. The van der Waals surface area contributed by atoms with Crippen LogP contribution in [0.5, 0.6) is 0 Å². The third kappa shape index (κ3) is 5.54. The second-order valence-corrected chi connectivity index (χ2v) is 5.64. The summed E-state index contributed by atoms with van der Waals surface area (Å²) in [5.41, 5.74) is 2.55. The van der Waals surface area contributed by atoms with Gasteiger partial charge in [0.25, 0.3) is 5.91 Å². The summed E-state index contributed by atoms with van der Waals surface area (Å²) in [6.45, 7) is 5.52. The van der Waals surface area contributed by atoms with Gasteiger partial charge in [-0.05, 0) is 36.7 Å². The van der Waals surface area contributed by atoms with Gasteiger partial charge in [-0.15, -0.1) is 12.4 Å². The Hall–Kier alpha value is -1.55. The molecule has 0 aliphatic heterocycles. The third-order valence-electron chi connectivity index (χ3n) is 3.44. The molecule has 23 heavy (non-hydrogen) atoms. The number of amides is 1. The molecule has 0 spiro atoms. The molecule has 0 unspecified atom stereocenters. The summed E-state index contributed by atoms with van der Waals surface area (Å²) in [4.78, 5) is 12.3. The maximum Gasteiger partial charge on any atom is 0.252 e. The average molecular weight is 353 g/mol. The number of likely N-dealkylation sites (N-methyl/N-ethyl adjacent to an activating group) is 1. The molecule has 3 nitrogen and oxygen atoms in total. The van der Waals surface area contributed by atoms with E-state index in [1.54, 1.807) is 6.07 Å². The topological polar surface area (TPSA) is 41.1 Å². The Kier molecular flexibility index (Phi) is 8.10. The first-order chi connectivity index (χ1) is 10.6. The van der Waals surface area contributed by atoms with Gasteiger partial charge >= 0.3 is 0 Å². The lowest BCUT2D eigenvalue weighted by Crippen LogP contribution is -2.38. The molecule has 2 aromatic rings. The van der Waals surface area contributed by atoms with E-state index in [0.717, 1.165) is 17.7 Å². The molecule has 0 saturated heterocycles. The van der Waals surface area contributed by atoms with Crippen LogP contribution in [0.1, 0.15) is 24.2 Å². The van der Waals surface area contributed by atoms with Crippen molar-refractivity contribution >= 4 is 29.9 Å². The highest BCUT2D eigenvalue weighted by molar-refractivity contribution is 6.34. The summed E-state index contributed by atoms with van der Waals surface area (Å²) in [5.74, 6) is -0.146. The number of nitrogens with one attached hydrogen (secondary N) is 2. The van der Waals surface area contributed by atoms with Crippen molar-refractivity contribution < 1.29 is 4.79 Å². The van der Waals surface area contributed by atoms with E-state index >= 15 is 0 Å². The maximum atomic E-state index is 12.3. The van der Waals surface area contributed by atoms with E-state index in [1.807, 2.05) is 56.3 Å². The first-order valence-electron chi connectivity index (χ1n) is 7.48. The Morgan fingerprint density at radius 2 is 1.83 bits per heavy atom. The highest BCUT2D eigenvalue weighted by atomic mass is 35.5. The predicted octanol–water partition coefficient (Wildman–Crippen LogP) is 4.16. The van der Waals surface area contributed by atoms with Gasteiger partial charge in [0.1, 0.15) is 0 Å². The number of hydrogen-bond acceptors (Lipinski definition) is 2. The van der Waals surface area contributed by atoms with Crippen LogP contribution in [-0.2, 0) is 0 Å². The van der Waals surface area contributed by atoms with Crippen molar-refractivity contribution in [1.82, 2.24) is 10.6 Å². The molecule has 2 aromatic carbocycles. The average Bonchev–Trinajstić information content (AvgIpc) is 2.54. The van der Waals surface area contributed by atoms with Crippen molar-refractivity contribution in [3.8, 4) is 11.1 Å². The van der Waals surface area contributed by atoms with E-state index in [-0.39, 0.29) is 24.4 Å². The number of carbonyl (C=O) groups is 1. The molecule has 2 N–H and O–H groups in total. The van der Waals surface area contributed by atoms with E-state index in [1.165, 1.54) is 0 Å². The normalized spacial score (nSPS) is 11.4. The summed E-state index contributed by atoms with van der Waals surface area (Å²) < 4.78 is 0. The molecule has 0 aliphatic rings. The summed E-state index contributed by atoms with van der Waals surface area (Å²) in [5, 5.41) is 6.64. The molecule has 0 bridgehead atoms. The summed E-state index contributed by atoms with van der Waals surface area (Å²) in [6.07, 6.45) is 0. The largest absolute Gasteiger partial charge is 0.350 e. The second kappa shape index (κ2) is 9.56. The Labute approximate surface area is 148 Å². The van der Waals surface area contributed by atoms with Crippen LogP contribution in [0.15, 0.2) is 48.5 Å². The third-order valence-corrected chi connectivity index (χ3v) is 3.77. The molecule has 0 aromatic heterocycles. The summed E-state index contributed by atoms with van der Waals surface area (Å²) in [7, 11) is 0. The molecule has 0 aliphatic carbocycles. The molecule has 0 heterocycles. The van der Waals surface area contributed by atoms with Crippen LogP contribution < -0.4 is 10.6 Å². The van der Waals surface area contributed by atoms with Crippen LogP contribution >= 0.6 is 24.0 Å². The van der Waals surface area contributed by atoms with Crippen molar-refractivity contribution in [3.63, 3.8) is 0 Å². The molecule has 1 atom stereocenters. The highest BCUT2D eigenvalue weighted by Gasteiger charge is 2.12. The number of carbonyl (C=O) groups excluding carboxylic acids is 1. The van der Waals surface area contributed by atoms with Gasteiger partial charge in [-0.1, -0.05) is 54.9 Å². The fourth-order valence-electron chi connectivity index (χ4n) is 2.27. The van der Waals surface area contributed by atoms with Gasteiger partial charge in [0.2, 0.25) is 0 Å². The molecule has 2 rings (SSSR count). The Balaban J connectivity index is 0.00000264. The fraction of sp³-hybridized carbons (Fsp3) is 0.278. The molecule has 0 saturated carbocycles. The molecule has 0 fully saturated rings. The monoisotopic (exact) mass is 352 g/mol. The van der Waals surface area contributed by atoms with Crippen molar-refractivity contribution in [3.05, 3.63) is 59.1 Å². The van der Waals surface area contributed by atoms with E-state index in [0.29, 0.717) is 17.1 Å². The zero-order chi connectivity index (χ0) is 15.9. The van der Waals surface area contributed by atoms with Crippen molar-refractivity contribution in [1.29, 1.82) is 0 Å². The second-order valence-electron chi connectivity index (χ2n) is 5.23. The number of benzene rings is 2. The zero-order valence-electron chi connectivity index (χ0n) is 13.3. The maximum absolute atomic E-state index is 12.3. The van der Waals surface area contributed by atoms with Crippen LogP contribution in [0.4, 0.5) is 0 Å². The molecular formula is C18H22Cl2N2O. The lowest BCUT2D eigenvalue weighted by molar-refractivity contribution is 0.0950. The highest BCUT2D eigenvalue weighted by Crippen LogP contribution is 2.25. The van der Waals surface area contributed by atoms with Crippen molar-refractivity contribution in [2.75, 3.05) is 13.1 Å². The minimum Gasteiger partial charge on any atom is -0.350 e. The minimum absolute atomic E-state index is 0. The molecule has 1 amide bonds. The van der Waals surface area contributed by atoms with Crippen LogP contribution in [0.3, 0.4) is 0 Å². The van der Waals surface area contributed by atoms with Crippen LogP contribution in [0.25, 0.3) is 11.1 Å². The molecule has 0 radical (unpaired) electrons. The quantitative estimate of drug-likeness (QED) is 0.819. The van der Waals surface area contributed by atoms with Gasteiger partial charge in [-0.3, -0.25) is 4.79 Å². The number of halogens is 2.